The molecule has 2 aromatic heterocycles. The number of rotatable bonds is 2. The molecule has 0 bridgehead atoms. The molecule has 0 amide bonds. The first kappa shape index (κ1) is 9.53. The fourth-order valence-corrected chi connectivity index (χ4v) is 1.28. The molecule has 2 aromatic rings. The van der Waals surface area contributed by atoms with Crippen LogP contribution in [0.2, 0.25) is 5.15 Å². The van der Waals surface area contributed by atoms with E-state index in [9.17, 15) is 10.1 Å². The molecule has 0 unspecified atom stereocenters. The lowest BCUT2D eigenvalue weighted by molar-refractivity contribution is -0.385. The van der Waals surface area contributed by atoms with Crippen LogP contribution < -0.4 is 0 Å². The molecule has 8 heteroatoms. The third kappa shape index (κ3) is 1.64. The molecule has 7 nitrogen and oxygen atoms in total. The van der Waals surface area contributed by atoms with E-state index in [0.29, 0.717) is 0 Å². The molecule has 2 rings (SSSR count). The zero-order valence-corrected chi connectivity index (χ0v) is 8.00. The van der Waals surface area contributed by atoms with Crippen LogP contribution in [-0.2, 0) is 0 Å². The van der Waals surface area contributed by atoms with Gasteiger partial charge in [0, 0.05) is 12.4 Å². The average Bonchev–Trinajstić information content (AvgIpc) is 2.69. The Morgan fingerprint density at radius 2 is 2.27 bits per heavy atom. The molecule has 0 aliphatic heterocycles. The topological polar surface area (TPSA) is 86.7 Å². The number of halogens is 1. The summed E-state index contributed by atoms with van der Waals surface area (Å²) in [4.78, 5) is 21.2. The predicted molar refractivity (Wildman–Crippen MR) is 50.8 cm³/mol. The molecule has 0 aliphatic carbocycles. The molecule has 0 N–H and O–H groups in total. The number of hydrogen-bond acceptors (Lipinski definition) is 5. The highest BCUT2D eigenvalue weighted by Crippen LogP contribution is 2.26. The third-order valence-corrected chi connectivity index (χ3v) is 1.97. The molecule has 0 fully saturated rings. The summed E-state index contributed by atoms with van der Waals surface area (Å²) in [6.07, 6.45) is 5.57. The molecule has 0 spiro atoms. The average molecular weight is 226 g/mol. The van der Waals surface area contributed by atoms with E-state index in [0.717, 1.165) is 6.33 Å². The molecule has 0 aromatic carbocycles. The van der Waals surface area contributed by atoms with Crippen molar-refractivity contribution in [3.8, 4) is 5.82 Å². The van der Waals surface area contributed by atoms with Crippen LogP contribution >= 0.6 is 11.6 Å². The van der Waals surface area contributed by atoms with Crippen molar-refractivity contribution in [2.24, 2.45) is 0 Å². The van der Waals surface area contributed by atoms with Crippen LogP contribution in [0.5, 0.6) is 0 Å². The van der Waals surface area contributed by atoms with Crippen LogP contribution in [0.4, 0.5) is 5.69 Å². The van der Waals surface area contributed by atoms with Gasteiger partial charge in [-0.15, -0.1) is 0 Å². The fraction of sp³-hybridized carbons (Fsp3) is 0. The summed E-state index contributed by atoms with van der Waals surface area (Å²) in [7, 11) is 0. The summed E-state index contributed by atoms with van der Waals surface area (Å²) >= 11 is 5.61. The lowest BCUT2D eigenvalue weighted by atomic mass is 10.5. The largest absolute Gasteiger partial charge is 0.349 e. The lowest BCUT2D eigenvalue weighted by Gasteiger charge is -2.01. The van der Waals surface area contributed by atoms with Crippen molar-refractivity contribution >= 4 is 17.3 Å². The monoisotopic (exact) mass is 225 g/mol. The van der Waals surface area contributed by atoms with Gasteiger partial charge in [-0.3, -0.25) is 14.7 Å². The van der Waals surface area contributed by atoms with Gasteiger partial charge in [0.15, 0.2) is 0 Å². The van der Waals surface area contributed by atoms with Gasteiger partial charge in [0.05, 0.1) is 4.92 Å². The first-order valence-corrected chi connectivity index (χ1v) is 4.21. The van der Waals surface area contributed by atoms with E-state index in [-0.39, 0.29) is 16.7 Å². The van der Waals surface area contributed by atoms with Crippen LogP contribution in [-0.4, -0.2) is 24.4 Å². The molecule has 0 aliphatic rings. The molecule has 0 saturated heterocycles. The second-order valence-electron chi connectivity index (χ2n) is 2.56. The second kappa shape index (κ2) is 3.62. The SMILES string of the molecule is O=[N+]([O-])c1c(Cl)ncnc1-n1ccnc1. The molecule has 0 saturated carbocycles. The first-order valence-electron chi connectivity index (χ1n) is 3.83. The van der Waals surface area contributed by atoms with Crippen molar-refractivity contribution in [2.75, 3.05) is 0 Å². The Morgan fingerprint density at radius 3 is 2.87 bits per heavy atom. The van der Waals surface area contributed by atoms with E-state index >= 15 is 0 Å². The van der Waals surface area contributed by atoms with E-state index in [1.54, 1.807) is 0 Å². The minimum Gasteiger partial charge on any atom is -0.285 e. The maximum absolute atomic E-state index is 10.7. The molecule has 2 heterocycles. The van der Waals surface area contributed by atoms with Crippen LogP contribution in [0.3, 0.4) is 0 Å². The van der Waals surface area contributed by atoms with E-state index in [1.165, 1.54) is 23.3 Å². The maximum Gasteiger partial charge on any atom is 0.349 e. The Labute approximate surface area is 88.5 Å². The maximum atomic E-state index is 10.7. The van der Waals surface area contributed by atoms with Gasteiger partial charge in [-0.1, -0.05) is 11.6 Å². The summed E-state index contributed by atoms with van der Waals surface area (Å²) in [5.41, 5.74) is -0.336. The van der Waals surface area contributed by atoms with Crippen molar-refractivity contribution in [1.29, 1.82) is 0 Å². The summed E-state index contributed by atoms with van der Waals surface area (Å²) in [6.45, 7) is 0. The molecule has 0 radical (unpaired) electrons. The summed E-state index contributed by atoms with van der Waals surface area (Å²) in [5, 5.41) is 10.5. The van der Waals surface area contributed by atoms with E-state index < -0.39 is 4.92 Å². The van der Waals surface area contributed by atoms with Crippen molar-refractivity contribution in [3.05, 3.63) is 40.3 Å². The number of aromatic nitrogens is 4. The molecule has 15 heavy (non-hydrogen) atoms. The minimum atomic E-state index is -0.627. The lowest BCUT2D eigenvalue weighted by Crippen LogP contribution is -2.02. The highest BCUT2D eigenvalue weighted by molar-refractivity contribution is 6.31. The standard InChI is InChI=1S/C7H4ClN5O2/c8-6-5(13(14)15)7(11-3-10-6)12-2-1-9-4-12/h1-4H. The van der Waals surface area contributed by atoms with Gasteiger partial charge in [0.25, 0.3) is 0 Å². The minimum absolute atomic E-state index is 0.0949. The molecule has 0 atom stereocenters. The Morgan fingerprint density at radius 1 is 1.47 bits per heavy atom. The third-order valence-electron chi connectivity index (χ3n) is 1.69. The normalized spacial score (nSPS) is 10.2. The zero-order valence-electron chi connectivity index (χ0n) is 7.24. The number of nitro groups is 1. The van der Waals surface area contributed by atoms with Gasteiger partial charge < -0.3 is 0 Å². The fourth-order valence-electron chi connectivity index (χ4n) is 1.08. The van der Waals surface area contributed by atoms with Crippen molar-refractivity contribution in [1.82, 2.24) is 19.5 Å². The summed E-state index contributed by atoms with van der Waals surface area (Å²) < 4.78 is 1.39. The Kier molecular flexibility index (Phi) is 2.30. The van der Waals surface area contributed by atoms with E-state index in [4.69, 9.17) is 11.6 Å². The van der Waals surface area contributed by atoms with Gasteiger partial charge in [-0.25, -0.2) is 15.0 Å². The number of hydrogen-bond donors (Lipinski definition) is 0. The second-order valence-corrected chi connectivity index (χ2v) is 2.92. The highest BCUT2D eigenvalue weighted by Gasteiger charge is 2.22. The van der Waals surface area contributed by atoms with Crippen LogP contribution in [0.1, 0.15) is 0 Å². The van der Waals surface area contributed by atoms with E-state index in [1.807, 2.05) is 0 Å². The Bertz CT molecular complexity index is 498. The summed E-state index contributed by atoms with van der Waals surface area (Å²) in [5.74, 6) is 0.0949. The van der Waals surface area contributed by atoms with Gasteiger partial charge in [-0.2, -0.15) is 0 Å². The smallest absolute Gasteiger partial charge is 0.285 e. The first-order chi connectivity index (χ1) is 7.20. The van der Waals surface area contributed by atoms with Gasteiger partial charge in [-0.05, 0) is 0 Å². The molecular formula is C7H4ClN5O2. The van der Waals surface area contributed by atoms with Crippen molar-refractivity contribution in [2.45, 2.75) is 0 Å². The number of imidazole rings is 1. The number of nitrogens with zero attached hydrogens (tertiary/aromatic N) is 5. The Hall–Kier alpha value is -2.02. The zero-order chi connectivity index (χ0) is 10.8. The van der Waals surface area contributed by atoms with Crippen LogP contribution in [0, 0.1) is 10.1 Å². The predicted octanol–water partition coefficient (Wildman–Crippen LogP) is 1.22. The van der Waals surface area contributed by atoms with Crippen LogP contribution in [0.25, 0.3) is 5.82 Å². The van der Waals surface area contributed by atoms with Gasteiger partial charge in [0.1, 0.15) is 12.7 Å². The van der Waals surface area contributed by atoms with Gasteiger partial charge in [0.2, 0.25) is 11.0 Å². The molecular weight excluding hydrogens is 222 g/mol. The van der Waals surface area contributed by atoms with Crippen LogP contribution in [0.15, 0.2) is 25.0 Å². The Balaban J connectivity index is 2.66. The highest BCUT2D eigenvalue weighted by atomic mass is 35.5. The van der Waals surface area contributed by atoms with Crippen molar-refractivity contribution < 1.29 is 4.92 Å². The summed E-state index contributed by atoms with van der Waals surface area (Å²) in [6, 6.07) is 0. The van der Waals surface area contributed by atoms with E-state index in [2.05, 4.69) is 15.0 Å². The van der Waals surface area contributed by atoms with Crippen molar-refractivity contribution in [3.63, 3.8) is 0 Å². The quantitative estimate of drug-likeness (QED) is 0.436. The van der Waals surface area contributed by atoms with Gasteiger partial charge >= 0.3 is 5.69 Å². The molecule has 76 valence electrons.